The minimum absolute atomic E-state index is 0.00426. The molecule has 78 heavy (non-hydrogen) atoms. The number of nitrogens with two attached hydrogens (primary N) is 1. The van der Waals surface area contributed by atoms with E-state index in [0.29, 0.717) is 51.0 Å². The third-order valence-corrected chi connectivity index (χ3v) is 18.4. The van der Waals surface area contributed by atoms with Gasteiger partial charge in [-0.25, -0.2) is 0 Å². The van der Waals surface area contributed by atoms with E-state index < -0.39 is 65.6 Å². The van der Waals surface area contributed by atoms with Gasteiger partial charge in [-0.2, -0.15) is 0 Å². The predicted octanol–water partition coefficient (Wildman–Crippen LogP) is 5.23. The number of primary amides is 1. The van der Waals surface area contributed by atoms with Gasteiger partial charge >= 0.3 is 0 Å². The Bertz CT molecular complexity index is 2480. The number of nitrogens with zero attached hydrogens (tertiary/aromatic N) is 4. The van der Waals surface area contributed by atoms with Crippen molar-refractivity contribution in [3.63, 3.8) is 0 Å². The van der Waals surface area contributed by atoms with Gasteiger partial charge in [-0.3, -0.25) is 48.2 Å². The second-order valence-electron chi connectivity index (χ2n) is 23.4. The fraction of sp³-hybridized carbons (Fsp3) is 0.633. The number of methoxy groups -OCH3 is 2. The number of hydrogen-bond acceptors (Lipinski definition) is 11. The number of benzene rings is 2. The number of imide groups is 1. The van der Waals surface area contributed by atoms with Crippen molar-refractivity contribution >= 4 is 52.9 Å². The summed E-state index contributed by atoms with van der Waals surface area (Å²) in [5, 5.41) is 9.04. The van der Waals surface area contributed by atoms with E-state index in [1.165, 1.54) is 24.2 Å². The summed E-state index contributed by atoms with van der Waals surface area (Å²) in [5.41, 5.74) is 7.61. The molecule has 2 aromatic carbocycles. The van der Waals surface area contributed by atoms with Gasteiger partial charge in [-0.05, 0) is 112 Å². The van der Waals surface area contributed by atoms with Crippen molar-refractivity contribution in [1.29, 1.82) is 0 Å². The minimum atomic E-state index is -0.966. The first-order valence-corrected chi connectivity index (χ1v) is 28.4. The maximum atomic E-state index is 15.0. The standard InChI is InChI=1S/C60H86N8O10/c1-10-37(4)52(65(6)59(76)51(36(2)3)60-29-28-43(33-60)53(55(61)72)66(60)7)47(77-8)32-50(71)67-30-14-17-46(67)54(78-9)38(5)56(73)64-45(31-39-15-12-11-13-16-39)58(75)63-44-24-20-40(21-25-44)34-62-57(74)42-22-18-41(19-23-42)35-68-48(69)26-27-49(68)70/h11-13,15-16,20-21,24-27,36-38,41-43,45-47,51-54H,10,14,17-19,22-23,28-35H2,1-9H3,(H2,61,72)(H,62,74)(H,63,75)(H,64,73)/t37-,38+,41?,42?,43?,45-,46-,47+,51+,52-,53?,54+,60?/m0/s1. The van der Waals surface area contributed by atoms with Crippen LogP contribution in [0.5, 0.6) is 0 Å². The van der Waals surface area contributed by atoms with Gasteiger partial charge in [0.25, 0.3) is 11.8 Å². The molecule has 11 atom stereocenters. The number of carbonyl (C=O) groups excluding carboxylic acids is 8. The fourth-order valence-corrected chi connectivity index (χ4v) is 14.0. The highest BCUT2D eigenvalue weighted by atomic mass is 16.5. The van der Waals surface area contributed by atoms with Gasteiger partial charge in [0.05, 0.1) is 48.6 Å². The molecule has 7 rings (SSSR count). The van der Waals surface area contributed by atoms with Gasteiger partial charge < -0.3 is 41.0 Å². The molecule has 2 aliphatic carbocycles. The Balaban J connectivity index is 0.963. The number of piperidine rings is 1. The average molecular weight is 1080 g/mol. The molecule has 4 fully saturated rings. The number of ether oxygens (including phenoxy) is 2. The predicted molar refractivity (Wildman–Crippen MR) is 296 cm³/mol. The zero-order valence-electron chi connectivity index (χ0n) is 47.4. The van der Waals surface area contributed by atoms with Crippen LogP contribution < -0.4 is 21.7 Å². The van der Waals surface area contributed by atoms with Crippen LogP contribution in [0.3, 0.4) is 0 Å². The summed E-state index contributed by atoms with van der Waals surface area (Å²) in [6.07, 6.45) is 8.73. The average Bonchev–Trinajstić information content (AvgIpc) is 4.39. The van der Waals surface area contributed by atoms with Crippen LogP contribution in [0.15, 0.2) is 66.7 Å². The minimum Gasteiger partial charge on any atom is -0.379 e. The Hall–Kier alpha value is -5.98. The highest BCUT2D eigenvalue weighted by Gasteiger charge is 2.62. The van der Waals surface area contributed by atoms with E-state index in [1.54, 1.807) is 36.0 Å². The van der Waals surface area contributed by atoms with E-state index in [0.717, 1.165) is 49.7 Å². The van der Waals surface area contributed by atoms with Crippen LogP contribution in [0.4, 0.5) is 5.69 Å². The number of likely N-dealkylation sites (tertiary alicyclic amines) is 2. The molecule has 0 aromatic heterocycles. The number of amides is 8. The maximum absolute atomic E-state index is 15.0. The molecule has 0 radical (unpaired) electrons. The summed E-state index contributed by atoms with van der Waals surface area (Å²) in [4.78, 5) is 115. The second-order valence-corrected chi connectivity index (χ2v) is 23.4. The van der Waals surface area contributed by atoms with Crippen LogP contribution >= 0.6 is 0 Å². The largest absolute Gasteiger partial charge is 0.379 e. The van der Waals surface area contributed by atoms with Crippen LogP contribution in [-0.4, -0.2) is 150 Å². The van der Waals surface area contributed by atoms with E-state index in [1.807, 2.05) is 56.6 Å². The summed E-state index contributed by atoms with van der Waals surface area (Å²) in [7, 11) is 6.87. The Morgan fingerprint density at radius 3 is 2.10 bits per heavy atom. The summed E-state index contributed by atoms with van der Waals surface area (Å²) < 4.78 is 12.3. The van der Waals surface area contributed by atoms with Gasteiger partial charge in [0.1, 0.15) is 6.04 Å². The molecule has 8 amide bonds. The highest BCUT2D eigenvalue weighted by Crippen LogP contribution is 2.55. The normalized spacial score (nSPS) is 25.8. The smallest absolute Gasteiger partial charge is 0.253 e. The van der Waals surface area contributed by atoms with Crippen molar-refractivity contribution in [3.05, 3.63) is 77.9 Å². The molecule has 2 aromatic rings. The summed E-state index contributed by atoms with van der Waals surface area (Å²) >= 11 is 0. The molecule has 3 heterocycles. The lowest BCUT2D eigenvalue weighted by Crippen LogP contribution is -2.61. The lowest BCUT2D eigenvalue weighted by Gasteiger charge is -2.48. The summed E-state index contributed by atoms with van der Waals surface area (Å²) in [5.74, 6) is -3.08. The van der Waals surface area contributed by atoms with E-state index in [-0.39, 0.29) is 77.9 Å². The van der Waals surface area contributed by atoms with E-state index in [2.05, 4.69) is 48.5 Å². The molecule has 18 nitrogen and oxygen atoms in total. The van der Waals surface area contributed by atoms with Crippen molar-refractivity contribution < 1.29 is 47.8 Å². The first kappa shape index (κ1) is 59.7. The molecule has 426 valence electrons. The third-order valence-electron chi connectivity index (χ3n) is 18.4. The number of rotatable bonds is 25. The van der Waals surface area contributed by atoms with Crippen molar-refractivity contribution in [1.82, 2.24) is 30.2 Å². The summed E-state index contributed by atoms with van der Waals surface area (Å²) in [6, 6.07) is 14.3. The van der Waals surface area contributed by atoms with Gasteiger partial charge in [0.2, 0.25) is 35.4 Å². The van der Waals surface area contributed by atoms with E-state index in [4.69, 9.17) is 15.2 Å². The van der Waals surface area contributed by atoms with Gasteiger partial charge in [-0.1, -0.05) is 83.5 Å². The number of hydrogen-bond donors (Lipinski definition) is 4. The van der Waals surface area contributed by atoms with Crippen molar-refractivity contribution in [3.8, 4) is 0 Å². The molecule has 2 saturated heterocycles. The van der Waals surface area contributed by atoms with Crippen LogP contribution in [0.1, 0.15) is 116 Å². The summed E-state index contributed by atoms with van der Waals surface area (Å²) in [6.45, 7) is 11.2. The molecular formula is C60H86N8O10. The monoisotopic (exact) mass is 1080 g/mol. The number of anilines is 1. The van der Waals surface area contributed by atoms with Gasteiger partial charge in [0.15, 0.2) is 0 Å². The number of fused-ring (bicyclic) bond motifs is 2. The molecule has 3 unspecified atom stereocenters. The topological polar surface area (TPSA) is 230 Å². The van der Waals surface area contributed by atoms with Crippen LogP contribution in [0, 0.1) is 41.4 Å². The molecule has 5 N–H and O–H groups in total. The quantitative estimate of drug-likeness (QED) is 0.0942. The van der Waals surface area contributed by atoms with Crippen molar-refractivity contribution in [2.75, 3.05) is 46.7 Å². The molecule has 3 aliphatic heterocycles. The van der Waals surface area contributed by atoms with E-state index >= 15 is 4.79 Å². The molecule has 5 aliphatic rings. The van der Waals surface area contributed by atoms with Gasteiger partial charge in [-0.15, -0.1) is 0 Å². The Labute approximate surface area is 461 Å². The second kappa shape index (κ2) is 26.3. The van der Waals surface area contributed by atoms with Crippen molar-refractivity contribution in [2.24, 2.45) is 47.2 Å². The van der Waals surface area contributed by atoms with Crippen LogP contribution in [0.2, 0.25) is 0 Å². The van der Waals surface area contributed by atoms with Crippen molar-refractivity contribution in [2.45, 2.75) is 160 Å². The van der Waals surface area contributed by atoms with Crippen LogP contribution in [0.25, 0.3) is 0 Å². The number of carbonyl (C=O) groups is 8. The first-order chi connectivity index (χ1) is 37.2. The molecule has 18 heteroatoms. The molecule has 0 spiro atoms. The highest BCUT2D eigenvalue weighted by molar-refractivity contribution is 6.12. The van der Waals surface area contributed by atoms with E-state index in [9.17, 15) is 33.6 Å². The SMILES string of the molecule is CC[C@H](C)[C@@H]([C@@H](CC(=O)N1CCC[C@H]1[C@H](OC)[C@@H](C)C(=O)N[C@@H](Cc1ccccc1)C(=O)Nc1ccc(CNC(=O)C2CCC(CN3C(=O)C=CC3=O)CC2)cc1)OC)N(C)C(=O)[C@@H](C(C)C)C12CCC(C1)C(C(N)=O)N2C. The zero-order valence-corrected chi connectivity index (χ0v) is 47.4. The number of likely N-dealkylation sites (N-methyl/N-ethyl adjacent to an activating group) is 2. The Morgan fingerprint density at radius 1 is 0.846 bits per heavy atom. The third kappa shape index (κ3) is 13.2. The fourth-order valence-electron chi connectivity index (χ4n) is 14.0. The number of nitrogens with one attached hydrogen (secondary N) is 3. The lowest BCUT2D eigenvalue weighted by atomic mass is 9.74. The molecule has 2 saturated carbocycles. The first-order valence-electron chi connectivity index (χ1n) is 28.4. The van der Waals surface area contributed by atoms with Gasteiger partial charge in [0, 0.05) is 76.6 Å². The molecule has 2 bridgehead atoms. The Morgan fingerprint density at radius 2 is 1.51 bits per heavy atom. The maximum Gasteiger partial charge on any atom is 0.253 e. The van der Waals surface area contributed by atoms with Crippen LogP contribution in [-0.2, 0) is 60.8 Å². The molecular weight excluding hydrogens is 993 g/mol. The lowest BCUT2D eigenvalue weighted by molar-refractivity contribution is -0.153. The Kier molecular flexibility index (Phi) is 20.1. The zero-order chi connectivity index (χ0) is 56.6.